The highest BCUT2D eigenvalue weighted by molar-refractivity contribution is 5.40. The molecule has 0 bridgehead atoms. The average molecular weight is 674 g/mol. The molecule has 2 fully saturated rings. The lowest BCUT2D eigenvalue weighted by molar-refractivity contribution is 0.0400. The maximum absolute atomic E-state index is 3.06. The second-order valence-electron chi connectivity index (χ2n) is 17.9. The minimum Gasteiger partial charge on any atom is -0.371 e. The second-order valence-corrected chi connectivity index (χ2v) is 17.9. The van der Waals surface area contributed by atoms with Crippen LogP contribution in [0.4, 0.5) is 0 Å². The fraction of sp³-hybridized carbons (Fsp3) is 0.673. The van der Waals surface area contributed by atoms with Gasteiger partial charge in [-0.25, -0.2) is 0 Å². The van der Waals surface area contributed by atoms with Crippen LogP contribution < -0.4 is 0 Å². The number of rotatable bonds is 7. The fourth-order valence-corrected chi connectivity index (χ4v) is 12.0. The van der Waals surface area contributed by atoms with Crippen molar-refractivity contribution in [2.24, 2.45) is 53.3 Å². The summed E-state index contributed by atoms with van der Waals surface area (Å²) in [5.74, 6) is 7.10. The van der Waals surface area contributed by atoms with E-state index in [2.05, 4.69) is 92.5 Å². The summed E-state index contributed by atoms with van der Waals surface area (Å²) in [5.41, 5.74) is 8.32. The molecule has 50 heavy (non-hydrogen) atoms. The first-order valence-electron chi connectivity index (χ1n) is 21.8. The number of fused-ring (bicyclic) bond motifs is 2. The van der Waals surface area contributed by atoms with Gasteiger partial charge in [0.2, 0.25) is 0 Å². The predicted octanol–water partition coefficient (Wildman–Crippen LogP) is 13.7. The molecular formula is C49H71N. The van der Waals surface area contributed by atoms with Gasteiger partial charge in [-0.2, -0.15) is 0 Å². The molecule has 7 rings (SSSR count). The SMILES string of the molecule is C/C=C\CCC1CCCC(C2CN(C3=C4C=CCCC4CC=C3)CC(C3C=C(C4=CC=CCC4)CCC3)C/C=C(\C)C(C)C3CCCCC23)C1. The zero-order valence-corrected chi connectivity index (χ0v) is 32.3. The Kier molecular flexibility index (Phi) is 12.6. The van der Waals surface area contributed by atoms with Crippen molar-refractivity contribution in [1.29, 1.82) is 0 Å². The van der Waals surface area contributed by atoms with Crippen LogP contribution in [0.2, 0.25) is 0 Å². The van der Waals surface area contributed by atoms with E-state index in [1.165, 1.54) is 135 Å². The van der Waals surface area contributed by atoms with Crippen LogP contribution in [0.5, 0.6) is 0 Å². The van der Waals surface area contributed by atoms with E-state index in [-0.39, 0.29) is 0 Å². The number of hydrogen-bond acceptors (Lipinski definition) is 1. The topological polar surface area (TPSA) is 3.24 Å². The number of hydrogen-bond donors (Lipinski definition) is 0. The van der Waals surface area contributed by atoms with Gasteiger partial charge in [0.1, 0.15) is 0 Å². The lowest BCUT2D eigenvalue weighted by Gasteiger charge is -2.48. The molecule has 1 aliphatic heterocycles. The Hall–Kier alpha value is -2.28. The van der Waals surface area contributed by atoms with Gasteiger partial charge in [0.15, 0.2) is 0 Å². The van der Waals surface area contributed by atoms with Crippen molar-refractivity contribution in [3.63, 3.8) is 0 Å². The summed E-state index contributed by atoms with van der Waals surface area (Å²) < 4.78 is 0. The molecule has 272 valence electrons. The van der Waals surface area contributed by atoms with Crippen LogP contribution in [-0.2, 0) is 0 Å². The van der Waals surface area contributed by atoms with Gasteiger partial charge in [-0.05, 0) is 180 Å². The average Bonchev–Trinajstić information content (AvgIpc) is 3.19. The summed E-state index contributed by atoms with van der Waals surface area (Å²) in [6, 6.07) is 0. The fourth-order valence-electron chi connectivity index (χ4n) is 12.0. The smallest absolute Gasteiger partial charge is 0.0398 e. The molecule has 0 saturated heterocycles. The summed E-state index contributed by atoms with van der Waals surface area (Å²) in [6.07, 6.45) is 53.5. The van der Waals surface area contributed by atoms with Crippen LogP contribution in [0.15, 0.2) is 94.8 Å². The molecule has 9 atom stereocenters. The van der Waals surface area contributed by atoms with Gasteiger partial charge in [-0.1, -0.05) is 105 Å². The van der Waals surface area contributed by atoms with Crippen molar-refractivity contribution in [2.75, 3.05) is 13.1 Å². The molecule has 0 radical (unpaired) electrons. The van der Waals surface area contributed by atoms with E-state index in [1.54, 1.807) is 28.0 Å². The van der Waals surface area contributed by atoms with Crippen molar-refractivity contribution in [1.82, 2.24) is 4.90 Å². The highest BCUT2D eigenvalue weighted by atomic mass is 15.1. The van der Waals surface area contributed by atoms with Crippen LogP contribution >= 0.6 is 0 Å². The molecule has 2 saturated carbocycles. The van der Waals surface area contributed by atoms with Crippen molar-refractivity contribution in [2.45, 2.75) is 143 Å². The van der Waals surface area contributed by atoms with E-state index in [9.17, 15) is 0 Å². The van der Waals surface area contributed by atoms with Crippen LogP contribution in [0.1, 0.15) is 143 Å². The van der Waals surface area contributed by atoms with Gasteiger partial charge in [-0.15, -0.1) is 0 Å². The van der Waals surface area contributed by atoms with Gasteiger partial charge in [0, 0.05) is 18.8 Å². The largest absolute Gasteiger partial charge is 0.371 e. The summed E-state index contributed by atoms with van der Waals surface area (Å²) >= 11 is 0. The molecule has 0 N–H and O–H groups in total. The molecule has 1 nitrogen and oxygen atoms in total. The minimum absolute atomic E-state index is 0.669. The maximum atomic E-state index is 3.06. The first kappa shape index (κ1) is 36.1. The molecular weight excluding hydrogens is 603 g/mol. The molecule has 0 amide bonds. The van der Waals surface area contributed by atoms with E-state index in [0.717, 1.165) is 35.5 Å². The number of nitrogens with zero attached hydrogens (tertiary/aromatic N) is 1. The third kappa shape index (κ3) is 8.50. The molecule has 0 spiro atoms. The van der Waals surface area contributed by atoms with Crippen LogP contribution in [-0.4, -0.2) is 18.0 Å². The summed E-state index contributed by atoms with van der Waals surface area (Å²) in [4.78, 5) is 3.06. The highest BCUT2D eigenvalue weighted by Crippen LogP contribution is 2.50. The Balaban J connectivity index is 1.28. The van der Waals surface area contributed by atoms with E-state index < -0.39 is 0 Å². The zero-order valence-electron chi connectivity index (χ0n) is 32.3. The number of allylic oxidation sites excluding steroid dienone is 15. The molecule has 6 aliphatic carbocycles. The third-order valence-electron chi connectivity index (χ3n) is 15.0. The van der Waals surface area contributed by atoms with Crippen molar-refractivity contribution < 1.29 is 0 Å². The zero-order chi connectivity index (χ0) is 34.3. The Labute approximate surface area is 307 Å². The molecule has 9 unspecified atom stereocenters. The van der Waals surface area contributed by atoms with Crippen LogP contribution in [0.25, 0.3) is 0 Å². The van der Waals surface area contributed by atoms with Crippen molar-refractivity contribution in [3.8, 4) is 0 Å². The van der Waals surface area contributed by atoms with E-state index in [1.807, 2.05) is 0 Å². The van der Waals surface area contributed by atoms with Crippen molar-refractivity contribution >= 4 is 0 Å². The second kappa shape index (κ2) is 17.5. The standard InChI is InChI=1S/C49H71N/c1-4-5-7-17-38-18-14-25-43(32-38)48-35-50(49-29-16-22-40-21-10-11-27-46(40)49)34-44(31-30-36(2)37(3)45-26-12-13-28-47(45)48)42-24-15-23-41(33-42)39-19-8-6-9-20-39/h4-6,8,11,16,19,27,29-30,33,37-38,40,42-45,47-48H,7,9-10,12-15,17-18,20-26,28,31-32,34-35H2,1-3H3/b5-4-,36-30+. The summed E-state index contributed by atoms with van der Waals surface area (Å²) in [7, 11) is 0. The summed E-state index contributed by atoms with van der Waals surface area (Å²) in [6.45, 7) is 9.89. The molecule has 1 heteroatoms. The van der Waals surface area contributed by atoms with E-state index in [4.69, 9.17) is 0 Å². The Morgan fingerprint density at radius 2 is 1.68 bits per heavy atom. The van der Waals surface area contributed by atoms with Crippen LogP contribution in [0.3, 0.4) is 0 Å². The highest BCUT2D eigenvalue weighted by Gasteiger charge is 2.42. The van der Waals surface area contributed by atoms with E-state index >= 15 is 0 Å². The maximum Gasteiger partial charge on any atom is 0.0398 e. The normalized spacial score (nSPS) is 38.1. The Bertz CT molecular complexity index is 1390. The Morgan fingerprint density at radius 3 is 2.54 bits per heavy atom. The monoisotopic (exact) mass is 674 g/mol. The lowest BCUT2D eigenvalue weighted by atomic mass is 9.60. The molecule has 0 aromatic heterocycles. The van der Waals surface area contributed by atoms with Gasteiger partial charge in [0.25, 0.3) is 0 Å². The van der Waals surface area contributed by atoms with Crippen LogP contribution in [0, 0.1) is 53.3 Å². The quantitative estimate of drug-likeness (QED) is 0.243. The Morgan fingerprint density at radius 1 is 0.780 bits per heavy atom. The van der Waals surface area contributed by atoms with Gasteiger partial charge in [-0.3, -0.25) is 0 Å². The predicted molar refractivity (Wildman–Crippen MR) is 216 cm³/mol. The molecule has 1 heterocycles. The summed E-state index contributed by atoms with van der Waals surface area (Å²) in [5, 5.41) is 0. The lowest BCUT2D eigenvalue weighted by Crippen LogP contribution is -2.44. The first-order chi connectivity index (χ1) is 24.6. The minimum atomic E-state index is 0.669. The van der Waals surface area contributed by atoms with E-state index in [0.29, 0.717) is 17.8 Å². The molecule has 0 aromatic carbocycles. The molecule has 7 aliphatic rings. The van der Waals surface area contributed by atoms with Gasteiger partial charge >= 0.3 is 0 Å². The van der Waals surface area contributed by atoms with Gasteiger partial charge in [0.05, 0.1) is 0 Å². The van der Waals surface area contributed by atoms with Crippen molar-refractivity contribution in [3.05, 3.63) is 94.8 Å². The third-order valence-corrected chi connectivity index (χ3v) is 15.0. The first-order valence-corrected chi connectivity index (χ1v) is 21.8. The van der Waals surface area contributed by atoms with Gasteiger partial charge < -0.3 is 4.90 Å². The molecule has 0 aromatic rings.